The second kappa shape index (κ2) is 9.52. The van der Waals surface area contributed by atoms with Gasteiger partial charge in [0.2, 0.25) is 11.8 Å². The van der Waals surface area contributed by atoms with E-state index in [0.717, 1.165) is 23.4 Å². The summed E-state index contributed by atoms with van der Waals surface area (Å²) in [5.74, 6) is -1.56. The highest BCUT2D eigenvalue weighted by Crippen LogP contribution is 2.30. The minimum absolute atomic E-state index is 0.00559. The van der Waals surface area contributed by atoms with Crippen molar-refractivity contribution in [1.29, 1.82) is 0 Å². The predicted molar refractivity (Wildman–Crippen MR) is 120 cm³/mol. The Labute approximate surface area is 199 Å². The normalized spacial score (nSPS) is 17.0. The van der Waals surface area contributed by atoms with Gasteiger partial charge in [-0.3, -0.25) is 9.59 Å². The minimum atomic E-state index is -4.47. The molecule has 184 valence electrons. The highest BCUT2D eigenvalue weighted by molar-refractivity contribution is 5.89. The number of aromatic nitrogens is 2. The van der Waals surface area contributed by atoms with Crippen molar-refractivity contribution < 1.29 is 27.2 Å². The monoisotopic (exact) mass is 488 g/mol. The number of hydrogen-bond acceptors (Lipinski definition) is 3. The molecular weight excluding hydrogens is 464 g/mol. The summed E-state index contributed by atoms with van der Waals surface area (Å²) in [6.45, 7) is 3.77. The molecule has 0 saturated carbocycles. The van der Waals surface area contributed by atoms with Gasteiger partial charge in [-0.2, -0.15) is 18.3 Å². The van der Waals surface area contributed by atoms with Crippen LogP contribution in [0.5, 0.6) is 0 Å². The third-order valence-corrected chi connectivity index (χ3v) is 6.16. The van der Waals surface area contributed by atoms with Crippen LogP contribution in [0.25, 0.3) is 5.69 Å². The van der Waals surface area contributed by atoms with Gasteiger partial charge >= 0.3 is 6.18 Å². The fourth-order valence-corrected chi connectivity index (χ4v) is 4.27. The van der Waals surface area contributed by atoms with Gasteiger partial charge in [0.05, 0.1) is 29.4 Å². The van der Waals surface area contributed by atoms with Crippen molar-refractivity contribution in [3.05, 3.63) is 82.9 Å². The van der Waals surface area contributed by atoms with Crippen LogP contribution in [-0.2, 0) is 22.3 Å². The highest BCUT2D eigenvalue weighted by Gasteiger charge is 2.36. The summed E-state index contributed by atoms with van der Waals surface area (Å²) < 4.78 is 53.8. The van der Waals surface area contributed by atoms with Crippen LogP contribution in [0.1, 0.15) is 41.8 Å². The van der Waals surface area contributed by atoms with Crippen molar-refractivity contribution in [2.45, 2.75) is 39.0 Å². The molecule has 10 heteroatoms. The Morgan fingerprint density at radius 3 is 2.60 bits per heavy atom. The van der Waals surface area contributed by atoms with Crippen LogP contribution in [0, 0.1) is 18.7 Å². The number of hydrogen-bond donors (Lipinski definition) is 1. The molecule has 2 unspecified atom stereocenters. The van der Waals surface area contributed by atoms with Gasteiger partial charge in [-0.15, -0.1) is 0 Å². The number of likely N-dealkylation sites (tertiary alicyclic amines) is 1. The van der Waals surface area contributed by atoms with Gasteiger partial charge < -0.3 is 10.2 Å². The third kappa shape index (κ3) is 5.36. The molecule has 6 nitrogen and oxygen atoms in total. The Morgan fingerprint density at radius 2 is 1.91 bits per heavy atom. The molecule has 2 aromatic carbocycles. The van der Waals surface area contributed by atoms with Gasteiger partial charge in [0, 0.05) is 30.8 Å². The first-order valence-corrected chi connectivity index (χ1v) is 11.1. The highest BCUT2D eigenvalue weighted by atomic mass is 19.4. The van der Waals surface area contributed by atoms with Crippen LogP contribution in [0.4, 0.5) is 17.6 Å². The maximum Gasteiger partial charge on any atom is 0.416 e. The molecule has 0 aliphatic carbocycles. The lowest BCUT2D eigenvalue weighted by molar-refractivity contribution is -0.137. The van der Waals surface area contributed by atoms with E-state index in [9.17, 15) is 27.2 Å². The molecule has 1 aliphatic heterocycles. The first-order valence-electron chi connectivity index (χ1n) is 11.1. The zero-order chi connectivity index (χ0) is 25.3. The number of halogens is 4. The Morgan fingerprint density at radius 1 is 1.20 bits per heavy atom. The molecule has 1 aromatic heterocycles. The molecule has 2 atom stereocenters. The number of carbonyl (C=O) groups excluding carboxylic acids is 2. The van der Waals surface area contributed by atoms with E-state index in [4.69, 9.17) is 0 Å². The summed E-state index contributed by atoms with van der Waals surface area (Å²) in [6, 6.07) is 10.3. The third-order valence-electron chi connectivity index (χ3n) is 6.16. The topological polar surface area (TPSA) is 67.2 Å². The molecule has 1 saturated heterocycles. The molecule has 35 heavy (non-hydrogen) atoms. The molecule has 4 rings (SSSR count). The van der Waals surface area contributed by atoms with Crippen LogP contribution >= 0.6 is 0 Å². The van der Waals surface area contributed by atoms with Crippen LogP contribution in [0.3, 0.4) is 0 Å². The number of amides is 2. The molecule has 1 fully saturated rings. The number of benzene rings is 2. The minimum Gasteiger partial charge on any atom is -0.349 e. The number of alkyl halides is 3. The number of nitrogens with one attached hydrogen (secondary N) is 1. The van der Waals surface area contributed by atoms with Crippen molar-refractivity contribution in [3.8, 4) is 5.69 Å². The van der Waals surface area contributed by atoms with Crippen molar-refractivity contribution in [2.75, 3.05) is 6.54 Å². The summed E-state index contributed by atoms with van der Waals surface area (Å²) in [5, 5.41) is 7.24. The van der Waals surface area contributed by atoms with Crippen LogP contribution < -0.4 is 5.32 Å². The number of nitrogens with zero attached hydrogens (tertiary/aromatic N) is 3. The van der Waals surface area contributed by atoms with E-state index in [2.05, 4.69) is 10.4 Å². The van der Waals surface area contributed by atoms with Crippen molar-refractivity contribution in [2.24, 2.45) is 5.92 Å². The first kappa shape index (κ1) is 24.4. The van der Waals surface area contributed by atoms with Gasteiger partial charge in [0.1, 0.15) is 5.82 Å². The molecule has 3 aromatic rings. The van der Waals surface area contributed by atoms with Gasteiger partial charge in [-0.25, -0.2) is 9.07 Å². The fraction of sp³-hybridized carbons (Fsp3) is 0.320. The van der Waals surface area contributed by atoms with E-state index in [-0.39, 0.29) is 37.1 Å². The first-order chi connectivity index (χ1) is 16.5. The van der Waals surface area contributed by atoms with Crippen molar-refractivity contribution >= 4 is 11.8 Å². The van der Waals surface area contributed by atoms with Crippen molar-refractivity contribution in [3.63, 3.8) is 0 Å². The van der Waals surface area contributed by atoms with Crippen LogP contribution in [-0.4, -0.2) is 33.0 Å². The predicted octanol–water partition coefficient (Wildman–Crippen LogP) is 4.56. The average Bonchev–Trinajstić information content (AvgIpc) is 3.36. The van der Waals surface area contributed by atoms with E-state index in [0.29, 0.717) is 11.3 Å². The fourth-order valence-electron chi connectivity index (χ4n) is 4.27. The summed E-state index contributed by atoms with van der Waals surface area (Å²) in [6.07, 6.45) is -2.85. The second-order valence-electron chi connectivity index (χ2n) is 8.68. The molecular formula is C25H24F4N4O2. The standard InChI is InChI=1S/C25H24F4N4O2/c1-15(22-12-30-33(16(22)2)21-8-6-20(26)7-9-21)31-24(35)18-11-23(34)32(14-18)13-17-4-3-5-19(10-17)25(27,28)29/h3-10,12,15,18H,11,13-14H2,1-2H3,(H,31,35). The molecule has 0 bridgehead atoms. The second-order valence-corrected chi connectivity index (χ2v) is 8.68. The Balaban J connectivity index is 1.39. The Bertz CT molecular complexity index is 1240. The SMILES string of the molecule is Cc1c(C(C)NC(=O)C2CC(=O)N(Cc3cccc(C(F)(F)F)c3)C2)cnn1-c1ccc(F)cc1. The van der Waals surface area contributed by atoms with Crippen LogP contribution in [0.15, 0.2) is 54.7 Å². The summed E-state index contributed by atoms with van der Waals surface area (Å²) in [4.78, 5) is 26.7. The number of carbonyl (C=O) groups is 2. The average molecular weight is 488 g/mol. The molecule has 1 N–H and O–H groups in total. The van der Waals surface area contributed by atoms with Gasteiger partial charge in [-0.05, 0) is 55.8 Å². The lowest BCUT2D eigenvalue weighted by Crippen LogP contribution is -2.34. The maximum atomic E-state index is 13.2. The summed E-state index contributed by atoms with van der Waals surface area (Å²) in [7, 11) is 0. The van der Waals surface area contributed by atoms with Gasteiger partial charge in [-0.1, -0.05) is 12.1 Å². The number of rotatable bonds is 6. The molecule has 2 heterocycles. The summed E-state index contributed by atoms with van der Waals surface area (Å²) in [5.41, 5.74) is 1.80. The molecule has 0 radical (unpaired) electrons. The van der Waals surface area contributed by atoms with E-state index >= 15 is 0 Å². The quantitative estimate of drug-likeness (QED) is 0.517. The molecule has 1 aliphatic rings. The molecule has 2 amide bonds. The lowest BCUT2D eigenvalue weighted by Gasteiger charge is -2.19. The van der Waals surface area contributed by atoms with E-state index < -0.39 is 23.7 Å². The smallest absolute Gasteiger partial charge is 0.349 e. The maximum absolute atomic E-state index is 13.2. The van der Waals surface area contributed by atoms with E-state index in [1.54, 1.807) is 29.9 Å². The largest absolute Gasteiger partial charge is 0.416 e. The van der Waals surface area contributed by atoms with Crippen molar-refractivity contribution in [1.82, 2.24) is 20.0 Å². The Kier molecular flexibility index (Phi) is 6.64. The zero-order valence-electron chi connectivity index (χ0n) is 19.1. The van der Waals surface area contributed by atoms with Gasteiger partial charge in [0.25, 0.3) is 0 Å². The van der Waals surface area contributed by atoms with E-state index in [1.807, 2.05) is 6.92 Å². The summed E-state index contributed by atoms with van der Waals surface area (Å²) >= 11 is 0. The lowest BCUT2D eigenvalue weighted by atomic mass is 10.1. The van der Waals surface area contributed by atoms with Crippen LogP contribution in [0.2, 0.25) is 0 Å². The zero-order valence-corrected chi connectivity index (χ0v) is 19.1. The van der Waals surface area contributed by atoms with E-state index in [1.165, 1.54) is 29.2 Å². The van der Waals surface area contributed by atoms with Gasteiger partial charge in [0.15, 0.2) is 0 Å². The Hall–Kier alpha value is -3.69. The molecule has 0 spiro atoms.